The van der Waals surface area contributed by atoms with E-state index in [4.69, 9.17) is 4.74 Å². The van der Waals surface area contributed by atoms with Gasteiger partial charge in [-0.3, -0.25) is 4.79 Å². The first-order valence-corrected chi connectivity index (χ1v) is 7.72. The molecule has 0 aliphatic carbocycles. The van der Waals surface area contributed by atoms with E-state index in [0.717, 1.165) is 27.6 Å². The fraction of sp³-hybridized carbons (Fsp3) is 0.158. The van der Waals surface area contributed by atoms with Crippen molar-refractivity contribution in [1.82, 2.24) is 10.4 Å². The summed E-state index contributed by atoms with van der Waals surface area (Å²) in [5.41, 5.74) is 6.62. The molecule has 0 unspecified atom stereocenters. The lowest BCUT2D eigenvalue weighted by Gasteiger charge is -2.09. The number of nitrogens with one attached hydrogen (secondary N) is 2. The van der Waals surface area contributed by atoms with Crippen LogP contribution < -0.4 is 10.2 Å². The standard InChI is InChI=1S/C19H19N3O2/c1-13-5-3-8-18(14(13)2)24-12-19(23)22-21-11-15-6-4-7-17-16(15)9-10-20-17/h3-11,20H,12H2,1-2H3,(H,22,23)/b21-11+. The highest BCUT2D eigenvalue weighted by atomic mass is 16.5. The minimum absolute atomic E-state index is 0.0734. The maximum Gasteiger partial charge on any atom is 0.277 e. The third kappa shape index (κ3) is 3.46. The quantitative estimate of drug-likeness (QED) is 0.559. The zero-order valence-corrected chi connectivity index (χ0v) is 13.7. The highest BCUT2D eigenvalue weighted by Gasteiger charge is 2.05. The molecule has 0 saturated carbocycles. The second kappa shape index (κ2) is 7.00. The van der Waals surface area contributed by atoms with Crippen molar-refractivity contribution in [2.45, 2.75) is 13.8 Å². The van der Waals surface area contributed by atoms with Crippen LogP contribution in [0, 0.1) is 13.8 Å². The summed E-state index contributed by atoms with van der Waals surface area (Å²) in [7, 11) is 0. The van der Waals surface area contributed by atoms with Gasteiger partial charge in [-0.05, 0) is 43.2 Å². The lowest BCUT2D eigenvalue weighted by Crippen LogP contribution is -2.24. The number of hydrogen-bond acceptors (Lipinski definition) is 3. The second-order valence-corrected chi connectivity index (χ2v) is 5.57. The van der Waals surface area contributed by atoms with Gasteiger partial charge in [0.1, 0.15) is 5.75 Å². The van der Waals surface area contributed by atoms with E-state index >= 15 is 0 Å². The average molecular weight is 321 g/mol. The molecule has 24 heavy (non-hydrogen) atoms. The monoisotopic (exact) mass is 321 g/mol. The minimum atomic E-state index is -0.298. The van der Waals surface area contributed by atoms with Gasteiger partial charge in [0.25, 0.3) is 5.91 Å². The number of aromatic nitrogens is 1. The molecule has 0 fully saturated rings. The predicted molar refractivity (Wildman–Crippen MR) is 95.4 cm³/mol. The van der Waals surface area contributed by atoms with Crippen LogP contribution in [-0.4, -0.2) is 23.7 Å². The van der Waals surface area contributed by atoms with Crippen molar-refractivity contribution in [3.8, 4) is 5.75 Å². The molecule has 0 saturated heterocycles. The number of nitrogens with zero attached hydrogens (tertiary/aromatic N) is 1. The first kappa shape index (κ1) is 15.8. The van der Waals surface area contributed by atoms with Gasteiger partial charge >= 0.3 is 0 Å². The zero-order chi connectivity index (χ0) is 16.9. The number of hydrazone groups is 1. The van der Waals surface area contributed by atoms with Gasteiger partial charge < -0.3 is 9.72 Å². The number of benzene rings is 2. The van der Waals surface area contributed by atoms with E-state index in [1.54, 1.807) is 6.21 Å². The maximum atomic E-state index is 11.9. The summed E-state index contributed by atoms with van der Waals surface area (Å²) in [6.45, 7) is 3.91. The van der Waals surface area contributed by atoms with E-state index < -0.39 is 0 Å². The van der Waals surface area contributed by atoms with E-state index in [-0.39, 0.29) is 12.5 Å². The van der Waals surface area contributed by atoms with Crippen LogP contribution in [0.15, 0.2) is 53.8 Å². The van der Waals surface area contributed by atoms with Crippen molar-refractivity contribution in [2.75, 3.05) is 6.61 Å². The lowest BCUT2D eigenvalue weighted by atomic mass is 10.1. The summed E-state index contributed by atoms with van der Waals surface area (Å²) in [6.07, 6.45) is 3.50. The summed E-state index contributed by atoms with van der Waals surface area (Å²) < 4.78 is 5.55. The molecule has 0 bridgehead atoms. The summed E-state index contributed by atoms with van der Waals surface area (Å²) in [5, 5.41) is 5.06. The van der Waals surface area contributed by atoms with E-state index in [1.165, 1.54) is 0 Å². The molecule has 2 aromatic carbocycles. The Labute approximate surface area is 140 Å². The van der Waals surface area contributed by atoms with Gasteiger partial charge in [0.05, 0.1) is 6.21 Å². The number of ether oxygens (including phenoxy) is 1. The van der Waals surface area contributed by atoms with Crippen LogP contribution in [0.3, 0.4) is 0 Å². The largest absolute Gasteiger partial charge is 0.483 e. The van der Waals surface area contributed by atoms with Crippen molar-refractivity contribution in [3.63, 3.8) is 0 Å². The van der Waals surface area contributed by atoms with Crippen LogP contribution in [0.1, 0.15) is 16.7 Å². The zero-order valence-electron chi connectivity index (χ0n) is 13.7. The second-order valence-electron chi connectivity index (χ2n) is 5.57. The minimum Gasteiger partial charge on any atom is -0.483 e. The van der Waals surface area contributed by atoms with Crippen LogP contribution >= 0.6 is 0 Å². The van der Waals surface area contributed by atoms with Crippen molar-refractivity contribution in [3.05, 3.63) is 65.4 Å². The molecule has 122 valence electrons. The van der Waals surface area contributed by atoms with E-state index in [9.17, 15) is 4.79 Å². The van der Waals surface area contributed by atoms with Crippen LogP contribution in [0.25, 0.3) is 10.9 Å². The molecule has 0 spiro atoms. The molecule has 0 aliphatic rings. The summed E-state index contributed by atoms with van der Waals surface area (Å²) >= 11 is 0. The van der Waals surface area contributed by atoms with Gasteiger partial charge in [-0.1, -0.05) is 24.3 Å². The highest BCUT2D eigenvalue weighted by molar-refractivity contribution is 5.98. The fourth-order valence-corrected chi connectivity index (χ4v) is 2.45. The number of fused-ring (bicyclic) bond motifs is 1. The van der Waals surface area contributed by atoms with Gasteiger partial charge in [0.2, 0.25) is 0 Å². The smallest absolute Gasteiger partial charge is 0.277 e. The number of H-pyrrole nitrogens is 1. The molecule has 1 heterocycles. The third-order valence-electron chi connectivity index (χ3n) is 3.94. The molecular formula is C19H19N3O2. The molecule has 3 rings (SSSR count). The molecule has 1 aromatic heterocycles. The van der Waals surface area contributed by atoms with Crippen molar-refractivity contribution < 1.29 is 9.53 Å². The van der Waals surface area contributed by atoms with Crippen molar-refractivity contribution in [2.24, 2.45) is 5.10 Å². The maximum absolute atomic E-state index is 11.9. The first-order valence-electron chi connectivity index (χ1n) is 7.72. The van der Waals surface area contributed by atoms with Crippen LogP contribution in [0.5, 0.6) is 5.75 Å². The molecular weight excluding hydrogens is 302 g/mol. The molecule has 5 nitrogen and oxygen atoms in total. The molecule has 3 aromatic rings. The van der Waals surface area contributed by atoms with Gasteiger partial charge in [-0.15, -0.1) is 0 Å². The summed E-state index contributed by atoms with van der Waals surface area (Å²) in [6, 6.07) is 13.6. The summed E-state index contributed by atoms with van der Waals surface area (Å²) in [5.74, 6) is 0.416. The van der Waals surface area contributed by atoms with E-state index in [1.807, 2.05) is 62.5 Å². The normalized spacial score (nSPS) is 11.1. The number of rotatable bonds is 5. The Morgan fingerprint density at radius 1 is 1.21 bits per heavy atom. The van der Waals surface area contributed by atoms with Crippen LogP contribution in [0.4, 0.5) is 0 Å². The van der Waals surface area contributed by atoms with Gasteiger partial charge in [-0.25, -0.2) is 5.43 Å². The SMILES string of the molecule is Cc1cccc(OCC(=O)N/N=C/c2cccc3[nH]ccc23)c1C. The Morgan fingerprint density at radius 2 is 2.04 bits per heavy atom. The third-order valence-corrected chi connectivity index (χ3v) is 3.94. The Balaban J connectivity index is 1.57. The van der Waals surface area contributed by atoms with Crippen molar-refractivity contribution >= 4 is 23.0 Å². The van der Waals surface area contributed by atoms with Crippen LogP contribution in [0.2, 0.25) is 0 Å². The van der Waals surface area contributed by atoms with Gasteiger partial charge in [-0.2, -0.15) is 5.10 Å². The fourth-order valence-electron chi connectivity index (χ4n) is 2.45. The molecule has 5 heteroatoms. The van der Waals surface area contributed by atoms with E-state index in [0.29, 0.717) is 5.75 Å². The van der Waals surface area contributed by atoms with Gasteiger partial charge in [0, 0.05) is 22.7 Å². The molecule has 2 N–H and O–H groups in total. The number of carbonyl (C=O) groups is 1. The predicted octanol–water partition coefficient (Wildman–Crippen LogP) is 3.31. The number of hydrogen-bond donors (Lipinski definition) is 2. The lowest BCUT2D eigenvalue weighted by molar-refractivity contribution is -0.123. The Kier molecular flexibility index (Phi) is 4.61. The van der Waals surface area contributed by atoms with Crippen LogP contribution in [-0.2, 0) is 4.79 Å². The highest BCUT2D eigenvalue weighted by Crippen LogP contribution is 2.20. The topological polar surface area (TPSA) is 66.5 Å². The number of aromatic amines is 1. The molecule has 1 amide bonds. The molecule has 0 aliphatic heterocycles. The van der Waals surface area contributed by atoms with E-state index in [2.05, 4.69) is 15.5 Å². The van der Waals surface area contributed by atoms with Gasteiger partial charge in [0.15, 0.2) is 6.61 Å². The Morgan fingerprint density at radius 3 is 2.92 bits per heavy atom. The molecule has 0 radical (unpaired) electrons. The summed E-state index contributed by atoms with van der Waals surface area (Å²) in [4.78, 5) is 15.0. The van der Waals surface area contributed by atoms with Crippen molar-refractivity contribution in [1.29, 1.82) is 0 Å². The number of carbonyl (C=O) groups excluding carboxylic acids is 1. The first-order chi connectivity index (χ1) is 11.6. The average Bonchev–Trinajstić information content (AvgIpc) is 3.06. The number of amides is 1. The Bertz CT molecular complexity index is 897. The number of aryl methyl sites for hydroxylation is 1. The Hall–Kier alpha value is -3.08. The molecule has 0 atom stereocenters.